The molecule has 23 heavy (non-hydrogen) atoms. The van der Waals surface area contributed by atoms with Gasteiger partial charge in [-0.1, -0.05) is 30.3 Å². The molecule has 0 unspecified atom stereocenters. The van der Waals surface area contributed by atoms with Crippen molar-refractivity contribution in [3.05, 3.63) is 65.7 Å². The Morgan fingerprint density at radius 3 is 2.48 bits per heavy atom. The van der Waals surface area contributed by atoms with Gasteiger partial charge in [0.2, 0.25) is 5.91 Å². The molecule has 0 aliphatic carbocycles. The van der Waals surface area contributed by atoms with E-state index in [-0.39, 0.29) is 11.8 Å². The minimum Gasteiger partial charge on any atom is -0.312 e. The highest BCUT2D eigenvalue weighted by Crippen LogP contribution is 2.21. The summed E-state index contributed by atoms with van der Waals surface area (Å²) in [6, 6.07) is 16.6. The fraction of sp³-hybridized carbons (Fsp3) is 0.222. The molecule has 0 atom stereocenters. The van der Waals surface area contributed by atoms with E-state index in [0.717, 1.165) is 24.2 Å². The van der Waals surface area contributed by atoms with Crippen LogP contribution in [0.2, 0.25) is 0 Å². The second-order valence-electron chi connectivity index (χ2n) is 5.40. The van der Waals surface area contributed by atoms with Gasteiger partial charge in [-0.2, -0.15) is 0 Å². The van der Waals surface area contributed by atoms with Crippen LogP contribution in [-0.2, 0) is 16.2 Å². The summed E-state index contributed by atoms with van der Waals surface area (Å²) in [5.74, 6) is -0.173. The van der Waals surface area contributed by atoms with E-state index in [9.17, 15) is 9.59 Å². The fourth-order valence-electron chi connectivity index (χ4n) is 2.53. The number of nitrogens with one attached hydrogen (secondary N) is 1. The van der Waals surface area contributed by atoms with Crippen molar-refractivity contribution in [2.24, 2.45) is 0 Å². The number of hydrogen-bond acceptors (Lipinski definition) is 3. The van der Waals surface area contributed by atoms with Crippen LogP contribution >= 0.6 is 0 Å². The van der Waals surface area contributed by atoms with E-state index in [1.807, 2.05) is 30.3 Å². The summed E-state index contributed by atoms with van der Waals surface area (Å²) in [5.41, 5.74) is 4.73. The Hall–Kier alpha value is -2.66. The van der Waals surface area contributed by atoms with Gasteiger partial charge in [-0.05, 0) is 36.2 Å². The first-order valence-corrected chi connectivity index (χ1v) is 7.60. The first-order valence-electron chi connectivity index (χ1n) is 7.60. The second kappa shape index (κ2) is 7.07. The molecular formula is C18H18N2O3. The zero-order valence-corrected chi connectivity index (χ0v) is 12.7. The normalized spacial score (nSPS) is 14.1. The molecule has 2 aromatic carbocycles. The topological polar surface area (TPSA) is 58.6 Å². The van der Waals surface area contributed by atoms with Crippen molar-refractivity contribution in [2.45, 2.75) is 19.4 Å². The summed E-state index contributed by atoms with van der Waals surface area (Å²) in [4.78, 5) is 30.7. The molecule has 0 bridgehead atoms. The van der Waals surface area contributed by atoms with Gasteiger partial charge in [-0.25, -0.2) is 5.48 Å². The molecular weight excluding hydrogens is 292 g/mol. The molecule has 2 aromatic rings. The van der Waals surface area contributed by atoms with E-state index < -0.39 is 0 Å². The molecule has 1 saturated heterocycles. The number of amides is 2. The van der Waals surface area contributed by atoms with Crippen LogP contribution in [0.1, 0.15) is 28.8 Å². The third-order valence-electron chi connectivity index (χ3n) is 3.76. The van der Waals surface area contributed by atoms with Crippen LogP contribution in [0.4, 0.5) is 5.69 Å². The minimum atomic E-state index is -0.305. The van der Waals surface area contributed by atoms with Crippen molar-refractivity contribution >= 4 is 17.5 Å². The first-order chi connectivity index (χ1) is 11.2. The van der Waals surface area contributed by atoms with Crippen molar-refractivity contribution in [3.63, 3.8) is 0 Å². The Morgan fingerprint density at radius 1 is 1.09 bits per heavy atom. The number of carbonyl (C=O) groups is 2. The average Bonchev–Trinajstić information content (AvgIpc) is 3.02. The number of anilines is 1. The smallest absolute Gasteiger partial charge is 0.274 e. The lowest BCUT2D eigenvalue weighted by Crippen LogP contribution is -2.25. The maximum Gasteiger partial charge on any atom is 0.274 e. The zero-order chi connectivity index (χ0) is 16.1. The lowest BCUT2D eigenvalue weighted by atomic mass is 10.2. The van der Waals surface area contributed by atoms with Crippen LogP contribution in [0.25, 0.3) is 0 Å². The number of benzene rings is 2. The van der Waals surface area contributed by atoms with Crippen LogP contribution in [0.15, 0.2) is 54.6 Å². The molecule has 2 amide bonds. The van der Waals surface area contributed by atoms with Crippen molar-refractivity contribution < 1.29 is 14.4 Å². The summed E-state index contributed by atoms with van der Waals surface area (Å²) < 4.78 is 0. The third-order valence-corrected chi connectivity index (χ3v) is 3.76. The molecule has 0 aromatic heterocycles. The minimum absolute atomic E-state index is 0.133. The van der Waals surface area contributed by atoms with E-state index >= 15 is 0 Å². The largest absolute Gasteiger partial charge is 0.312 e. The van der Waals surface area contributed by atoms with Crippen molar-refractivity contribution in [1.82, 2.24) is 5.48 Å². The first kappa shape index (κ1) is 15.2. The third kappa shape index (κ3) is 3.76. The molecule has 1 fully saturated rings. The Balaban J connectivity index is 1.54. The van der Waals surface area contributed by atoms with Crippen LogP contribution in [-0.4, -0.2) is 18.4 Å². The summed E-state index contributed by atoms with van der Waals surface area (Å²) in [7, 11) is 0. The van der Waals surface area contributed by atoms with Gasteiger partial charge in [0.25, 0.3) is 5.91 Å². The lowest BCUT2D eigenvalue weighted by Gasteiger charge is -2.15. The summed E-state index contributed by atoms with van der Waals surface area (Å²) >= 11 is 0. The van der Waals surface area contributed by atoms with Gasteiger partial charge in [0.05, 0.1) is 6.61 Å². The average molecular weight is 310 g/mol. The monoisotopic (exact) mass is 310 g/mol. The number of nitrogens with zero attached hydrogens (tertiary/aromatic N) is 1. The predicted molar refractivity (Wildman–Crippen MR) is 86.7 cm³/mol. The maximum atomic E-state index is 12.0. The van der Waals surface area contributed by atoms with Crippen molar-refractivity contribution in [3.8, 4) is 0 Å². The number of rotatable bonds is 5. The Kier molecular flexibility index (Phi) is 4.68. The molecule has 5 heteroatoms. The predicted octanol–water partition coefficient (Wildman–Crippen LogP) is 2.68. The van der Waals surface area contributed by atoms with Gasteiger partial charge >= 0.3 is 0 Å². The highest BCUT2D eigenvalue weighted by atomic mass is 16.6. The van der Waals surface area contributed by atoms with E-state index in [0.29, 0.717) is 18.6 Å². The van der Waals surface area contributed by atoms with Crippen molar-refractivity contribution in [1.29, 1.82) is 0 Å². The van der Waals surface area contributed by atoms with E-state index in [4.69, 9.17) is 4.84 Å². The maximum absolute atomic E-state index is 12.0. The van der Waals surface area contributed by atoms with Gasteiger partial charge in [-0.3, -0.25) is 14.4 Å². The quantitative estimate of drug-likeness (QED) is 0.864. The van der Waals surface area contributed by atoms with Crippen LogP contribution in [0, 0.1) is 0 Å². The van der Waals surface area contributed by atoms with Crippen LogP contribution in [0.3, 0.4) is 0 Å². The van der Waals surface area contributed by atoms with Crippen molar-refractivity contribution in [2.75, 3.05) is 11.4 Å². The molecule has 0 spiro atoms. The number of hydrogen-bond donors (Lipinski definition) is 1. The molecule has 3 rings (SSSR count). The molecule has 1 aliphatic heterocycles. The van der Waals surface area contributed by atoms with Crippen LogP contribution in [0.5, 0.6) is 0 Å². The molecule has 0 radical (unpaired) electrons. The van der Waals surface area contributed by atoms with Crippen LogP contribution < -0.4 is 10.4 Å². The fourth-order valence-corrected chi connectivity index (χ4v) is 2.53. The van der Waals surface area contributed by atoms with Gasteiger partial charge in [0, 0.05) is 24.2 Å². The zero-order valence-electron chi connectivity index (χ0n) is 12.7. The summed E-state index contributed by atoms with van der Waals surface area (Å²) in [6.45, 7) is 1.05. The van der Waals surface area contributed by atoms with Gasteiger partial charge < -0.3 is 4.90 Å². The number of hydroxylamine groups is 1. The molecule has 1 heterocycles. The Bertz CT molecular complexity index is 683. The lowest BCUT2D eigenvalue weighted by molar-refractivity contribution is -0.117. The molecule has 0 saturated carbocycles. The molecule has 118 valence electrons. The second-order valence-corrected chi connectivity index (χ2v) is 5.40. The molecule has 1 aliphatic rings. The molecule has 1 N–H and O–H groups in total. The van der Waals surface area contributed by atoms with Gasteiger partial charge in [-0.15, -0.1) is 0 Å². The van der Waals surface area contributed by atoms with E-state index in [2.05, 4.69) is 5.48 Å². The summed E-state index contributed by atoms with van der Waals surface area (Å²) in [5, 5.41) is 0. The molecule has 5 nitrogen and oxygen atoms in total. The van der Waals surface area contributed by atoms with E-state index in [1.54, 1.807) is 29.2 Å². The highest BCUT2D eigenvalue weighted by Gasteiger charge is 2.21. The Morgan fingerprint density at radius 2 is 1.83 bits per heavy atom. The number of carbonyl (C=O) groups excluding carboxylic acids is 2. The standard InChI is InChI=1S/C18H18N2O3/c21-17-7-4-12-20(17)16-10-8-15(9-11-16)18(22)19-23-13-14-5-2-1-3-6-14/h1-3,5-6,8-11H,4,7,12-13H2,(H,19,22). The summed E-state index contributed by atoms with van der Waals surface area (Å²) in [6.07, 6.45) is 1.48. The van der Waals surface area contributed by atoms with Gasteiger partial charge in [0.15, 0.2) is 0 Å². The van der Waals surface area contributed by atoms with Gasteiger partial charge in [0.1, 0.15) is 0 Å². The van der Waals surface area contributed by atoms with E-state index in [1.165, 1.54) is 0 Å². The highest BCUT2D eigenvalue weighted by molar-refractivity contribution is 5.97. The Labute approximate surface area is 134 Å². The SMILES string of the molecule is O=C(NOCc1ccccc1)c1ccc(N2CCCC2=O)cc1.